The number of rotatable bonds is 2. The monoisotopic (exact) mass is 254 g/mol. The topological polar surface area (TPSA) is 102 Å². The molecule has 1 aromatic rings. The highest BCUT2D eigenvalue weighted by Gasteiger charge is 2.26. The average molecular weight is 254 g/mol. The molecular weight excluding hydrogens is 240 g/mol. The minimum absolute atomic E-state index is 0.0929. The molecule has 1 aliphatic heterocycles. The van der Waals surface area contributed by atoms with Crippen LogP contribution in [0.4, 0.5) is 4.79 Å². The molecule has 9 heteroatoms. The van der Waals surface area contributed by atoms with Crippen molar-refractivity contribution in [2.75, 3.05) is 13.2 Å². The summed E-state index contributed by atoms with van der Waals surface area (Å²) in [6.07, 6.45) is -0.591. The molecule has 2 rings (SSSR count). The molecule has 0 atom stereocenters. The third kappa shape index (κ3) is 2.39. The van der Waals surface area contributed by atoms with E-state index in [1.807, 2.05) is 20.8 Å². The van der Waals surface area contributed by atoms with Crippen LogP contribution >= 0.6 is 0 Å². The van der Waals surface area contributed by atoms with Crippen LogP contribution in [-0.4, -0.2) is 50.4 Å². The Morgan fingerprint density at radius 1 is 1.44 bits per heavy atom. The maximum Gasteiger partial charge on any atom is 0.428 e. The van der Waals surface area contributed by atoms with Gasteiger partial charge in [-0.3, -0.25) is 10.2 Å². The molecule has 0 radical (unpaired) electrons. The van der Waals surface area contributed by atoms with E-state index in [0.29, 0.717) is 6.54 Å². The van der Waals surface area contributed by atoms with Crippen molar-refractivity contribution in [2.24, 2.45) is 0 Å². The molecule has 1 fully saturated rings. The van der Waals surface area contributed by atoms with Gasteiger partial charge in [0.05, 0.1) is 12.1 Å². The maximum atomic E-state index is 11.7. The number of cyclic esters (lactones) is 1. The van der Waals surface area contributed by atoms with Gasteiger partial charge in [0.1, 0.15) is 6.61 Å². The molecule has 0 aromatic carbocycles. The number of hydrazine groups is 1. The summed E-state index contributed by atoms with van der Waals surface area (Å²) in [6, 6.07) is 0. The van der Waals surface area contributed by atoms with Crippen molar-refractivity contribution in [1.29, 1.82) is 0 Å². The Morgan fingerprint density at radius 3 is 2.67 bits per heavy atom. The Morgan fingerprint density at radius 2 is 2.17 bits per heavy atom. The first-order chi connectivity index (χ1) is 8.38. The zero-order valence-corrected chi connectivity index (χ0v) is 10.4. The summed E-state index contributed by atoms with van der Waals surface area (Å²) >= 11 is 0. The molecule has 1 aliphatic rings. The van der Waals surface area contributed by atoms with Gasteiger partial charge < -0.3 is 4.74 Å². The Kier molecular flexibility index (Phi) is 2.89. The largest absolute Gasteiger partial charge is 0.446 e. The number of hydrogen-bond donors (Lipinski definition) is 1. The molecule has 0 aliphatic carbocycles. The van der Waals surface area contributed by atoms with Gasteiger partial charge in [0.25, 0.3) is 5.82 Å². The minimum Gasteiger partial charge on any atom is -0.446 e. The van der Waals surface area contributed by atoms with Crippen molar-refractivity contribution in [3.8, 4) is 0 Å². The van der Waals surface area contributed by atoms with Crippen molar-refractivity contribution in [3.63, 3.8) is 0 Å². The van der Waals surface area contributed by atoms with Crippen LogP contribution in [-0.2, 0) is 10.3 Å². The molecule has 18 heavy (non-hydrogen) atoms. The van der Waals surface area contributed by atoms with Crippen molar-refractivity contribution in [2.45, 2.75) is 26.3 Å². The number of hydrogen-bond acceptors (Lipinski definition) is 6. The molecule has 0 spiro atoms. The molecule has 98 valence electrons. The number of carbonyl (C=O) groups excluding carboxylic acids is 2. The van der Waals surface area contributed by atoms with Gasteiger partial charge in [-0.15, -0.1) is 10.2 Å². The summed E-state index contributed by atoms with van der Waals surface area (Å²) in [6.45, 7) is 6.20. The van der Waals surface area contributed by atoms with E-state index in [1.54, 1.807) is 0 Å². The highest BCUT2D eigenvalue weighted by molar-refractivity contribution is 5.91. The summed E-state index contributed by atoms with van der Waals surface area (Å²) in [5.41, 5.74) is 1.99. The van der Waals surface area contributed by atoms with E-state index in [-0.39, 0.29) is 18.0 Å². The summed E-state index contributed by atoms with van der Waals surface area (Å²) in [5, 5.41) is 12.4. The van der Waals surface area contributed by atoms with Gasteiger partial charge in [-0.2, -0.15) is 4.80 Å². The van der Waals surface area contributed by atoms with Crippen LogP contribution in [0.3, 0.4) is 0 Å². The molecule has 0 bridgehead atoms. The first kappa shape index (κ1) is 12.3. The van der Waals surface area contributed by atoms with Crippen LogP contribution in [0.5, 0.6) is 0 Å². The van der Waals surface area contributed by atoms with Crippen molar-refractivity contribution >= 4 is 12.0 Å². The predicted molar refractivity (Wildman–Crippen MR) is 58.3 cm³/mol. The predicted octanol–water partition coefficient (Wildman–Crippen LogP) is -0.475. The standard InChI is InChI=1S/C9H14N6O3/c1-9(2,3)15-11-6(10-13-15)7(16)12-14-4-5-18-8(14)17/h4-5H2,1-3H3,(H,12,16). The van der Waals surface area contributed by atoms with Gasteiger partial charge in [-0.25, -0.2) is 9.80 Å². The van der Waals surface area contributed by atoms with E-state index in [0.717, 1.165) is 5.01 Å². The molecule has 1 saturated heterocycles. The van der Waals surface area contributed by atoms with Gasteiger partial charge in [0, 0.05) is 0 Å². The number of aromatic nitrogens is 4. The van der Waals surface area contributed by atoms with E-state index in [2.05, 4.69) is 25.6 Å². The van der Waals surface area contributed by atoms with Crippen LogP contribution in [0.15, 0.2) is 0 Å². The molecule has 9 nitrogen and oxygen atoms in total. The molecule has 1 N–H and O–H groups in total. The fourth-order valence-corrected chi connectivity index (χ4v) is 1.26. The third-order valence-electron chi connectivity index (χ3n) is 2.21. The third-order valence-corrected chi connectivity index (χ3v) is 2.21. The molecular formula is C9H14N6O3. The molecule has 2 amide bonds. The van der Waals surface area contributed by atoms with Gasteiger partial charge in [-0.05, 0) is 26.0 Å². The van der Waals surface area contributed by atoms with Crippen molar-refractivity contribution < 1.29 is 14.3 Å². The normalized spacial score (nSPS) is 15.7. The van der Waals surface area contributed by atoms with E-state index < -0.39 is 12.0 Å². The number of carbonyl (C=O) groups is 2. The quantitative estimate of drug-likeness (QED) is 0.765. The van der Waals surface area contributed by atoms with E-state index in [9.17, 15) is 9.59 Å². The SMILES string of the molecule is CC(C)(C)n1nnc(C(=O)NN2CCOC2=O)n1. The minimum atomic E-state index is -0.593. The van der Waals surface area contributed by atoms with Gasteiger partial charge >= 0.3 is 12.0 Å². The Hall–Kier alpha value is -2.19. The lowest BCUT2D eigenvalue weighted by molar-refractivity contribution is 0.0820. The lowest BCUT2D eigenvalue weighted by Gasteiger charge is -2.15. The smallest absolute Gasteiger partial charge is 0.428 e. The van der Waals surface area contributed by atoms with Crippen LogP contribution in [0.2, 0.25) is 0 Å². The average Bonchev–Trinajstić information content (AvgIpc) is 2.87. The molecule has 1 aromatic heterocycles. The van der Waals surface area contributed by atoms with Crippen LogP contribution in [0.25, 0.3) is 0 Å². The molecule has 0 saturated carbocycles. The summed E-state index contributed by atoms with van der Waals surface area (Å²) in [5.74, 6) is -0.686. The van der Waals surface area contributed by atoms with Gasteiger partial charge in [-0.1, -0.05) is 0 Å². The zero-order valence-electron chi connectivity index (χ0n) is 10.4. The second kappa shape index (κ2) is 4.24. The second-order valence-corrected chi connectivity index (χ2v) is 4.78. The lowest BCUT2D eigenvalue weighted by Crippen LogP contribution is -2.43. The molecule has 0 unspecified atom stereocenters. The number of tetrazole rings is 1. The van der Waals surface area contributed by atoms with Gasteiger partial charge in [0.2, 0.25) is 0 Å². The van der Waals surface area contributed by atoms with Crippen LogP contribution in [0, 0.1) is 0 Å². The van der Waals surface area contributed by atoms with Gasteiger partial charge in [0.15, 0.2) is 0 Å². The lowest BCUT2D eigenvalue weighted by atomic mass is 10.1. The maximum absolute atomic E-state index is 11.7. The highest BCUT2D eigenvalue weighted by Crippen LogP contribution is 2.09. The fourth-order valence-electron chi connectivity index (χ4n) is 1.26. The number of amides is 2. The van der Waals surface area contributed by atoms with Crippen molar-refractivity contribution in [1.82, 2.24) is 30.6 Å². The van der Waals surface area contributed by atoms with E-state index in [1.165, 1.54) is 4.80 Å². The first-order valence-corrected chi connectivity index (χ1v) is 5.44. The number of nitrogens with one attached hydrogen (secondary N) is 1. The van der Waals surface area contributed by atoms with Crippen LogP contribution in [0.1, 0.15) is 31.4 Å². The summed E-state index contributed by atoms with van der Waals surface area (Å²) in [7, 11) is 0. The highest BCUT2D eigenvalue weighted by atomic mass is 16.6. The van der Waals surface area contributed by atoms with Crippen molar-refractivity contribution in [3.05, 3.63) is 5.82 Å². The Balaban J connectivity index is 2.05. The Bertz CT molecular complexity index is 477. The molecule has 2 heterocycles. The number of ether oxygens (including phenoxy) is 1. The summed E-state index contributed by atoms with van der Waals surface area (Å²) < 4.78 is 4.67. The fraction of sp³-hybridized carbons (Fsp3) is 0.667. The van der Waals surface area contributed by atoms with Crippen LogP contribution < -0.4 is 5.43 Å². The first-order valence-electron chi connectivity index (χ1n) is 5.44. The summed E-state index contributed by atoms with van der Waals surface area (Å²) in [4.78, 5) is 24.2. The van der Waals surface area contributed by atoms with E-state index >= 15 is 0 Å². The second-order valence-electron chi connectivity index (χ2n) is 4.78. The zero-order chi connectivity index (χ0) is 13.3. The van der Waals surface area contributed by atoms with E-state index in [4.69, 9.17) is 0 Å². The number of nitrogens with zero attached hydrogens (tertiary/aromatic N) is 5. The Labute approximate surface area is 103 Å².